The quantitative estimate of drug-likeness (QED) is 0.0306. The monoisotopic (exact) mass is 1140 g/mol. The number of hydrogen-bond acceptors (Lipinski definition) is 18. The number of hydrogen-bond donors (Lipinski definition) is 6. The van der Waals surface area contributed by atoms with Gasteiger partial charge in [0.25, 0.3) is 5.91 Å². The molecule has 2 aromatic carbocycles. The number of nitrogens with zero attached hydrogens (tertiary/aromatic N) is 3. The summed E-state index contributed by atoms with van der Waals surface area (Å²) in [4.78, 5) is 75.6. The van der Waals surface area contributed by atoms with Crippen molar-refractivity contribution < 1.29 is 72.8 Å². The third-order valence-electron chi connectivity index (χ3n) is 19.6. The highest BCUT2D eigenvalue weighted by molar-refractivity contribution is 5.96. The molecule has 450 valence electrons. The van der Waals surface area contributed by atoms with Gasteiger partial charge in [-0.3, -0.25) is 29.0 Å². The maximum Gasteiger partial charge on any atom is 0.328 e. The molecule has 7 unspecified atom stereocenters. The number of aliphatic hydroxyl groups excluding tert-OH is 2. The molecule has 13 atom stereocenters. The molecule has 20 heteroatoms. The fraction of sp³-hybridized carbons (Fsp3) is 0.661. The lowest BCUT2D eigenvalue weighted by atomic mass is 9.47. The third kappa shape index (κ3) is 10.5. The van der Waals surface area contributed by atoms with Crippen molar-refractivity contribution in [1.29, 1.82) is 0 Å². The fourth-order valence-electron chi connectivity index (χ4n) is 15.8. The smallest absolute Gasteiger partial charge is 0.328 e. The Morgan fingerprint density at radius 3 is 2.41 bits per heavy atom. The molecule has 2 aromatic rings. The van der Waals surface area contributed by atoms with Gasteiger partial charge in [0.15, 0.2) is 11.9 Å². The molecule has 2 bridgehead atoms. The molecular weight excluding hydrogens is 1050 g/mol. The van der Waals surface area contributed by atoms with Gasteiger partial charge in [0.1, 0.15) is 29.9 Å². The number of benzene rings is 2. The number of ether oxygens (including phenoxy) is 6. The summed E-state index contributed by atoms with van der Waals surface area (Å²) in [7, 11) is 6.28. The molecule has 7 aliphatic rings. The molecular formula is C62H87N5O15. The summed E-state index contributed by atoms with van der Waals surface area (Å²) in [5.74, 6) is -2.54. The summed E-state index contributed by atoms with van der Waals surface area (Å²) < 4.78 is 33.8. The number of anilines is 1. The number of aliphatic hydroxyl groups is 4. The van der Waals surface area contributed by atoms with E-state index in [1.54, 1.807) is 7.11 Å². The summed E-state index contributed by atoms with van der Waals surface area (Å²) >= 11 is 0. The van der Waals surface area contributed by atoms with E-state index in [-0.39, 0.29) is 64.0 Å². The van der Waals surface area contributed by atoms with Gasteiger partial charge in [-0.15, -0.1) is 0 Å². The topological polar surface area (TPSA) is 255 Å². The molecule has 3 fully saturated rings. The molecule has 1 spiro atoms. The van der Waals surface area contributed by atoms with Crippen molar-refractivity contribution in [2.24, 2.45) is 11.3 Å². The zero-order valence-corrected chi connectivity index (χ0v) is 49.1. The average molecular weight is 1140 g/mol. The number of nitrogens with one attached hydrogen (secondary N) is 2. The summed E-state index contributed by atoms with van der Waals surface area (Å²) in [6.07, 6.45) is 5.40. The summed E-state index contributed by atoms with van der Waals surface area (Å²) in [6.45, 7) is 9.96. The number of esters is 3. The van der Waals surface area contributed by atoms with E-state index in [1.165, 1.54) is 21.1 Å². The van der Waals surface area contributed by atoms with Crippen LogP contribution in [0.4, 0.5) is 5.69 Å². The van der Waals surface area contributed by atoms with E-state index in [1.807, 2.05) is 63.1 Å². The minimum atomic E-state index is -2.41. The number of carbonyl (C=O) groups is 5. The molecule has 2 amide bonds. The van der Waals surface area contributed by atoms with Gasteiger partial charge >= 0.3 is 17.9 Å². The number of amides is 2. The van der Waals surface area contributed by atoms with Crippen LogP contribution in [0, 0.1) is 11.3 Å². The fourth-order valence-corrected chi connectivity index (χ4v) is 15.8. The molecule has 20 nitrogen and oxygen atoms in total. The lowest BCUT2D eigenvalue weighted by Crippen LogP contribution is -2.81. The Balaban J connectivity index is 0.957. The van der Waals surface area contributed by atoms with E-state index in [4.69, 9.17) is 28.4 Å². The summed E-state index contributed by atoms with van der Waals surface area (Å²) in [6, 6.07) is 10.0. The Labute approximate surface area is 481 Å². The first-order valence-corrected chi connectivity index (χ1v) is 29.6. The van der Waals surface area contributed by atoms with Gasteiger partial charge in [0.2, 0.25) is 5.91 Å². The third-order valence-corrected chi connectivity index (χ3v) is 19.6. The molecule has 5 aliphatic heterocycles. The Hall–Kier alpha value is -5.45. The zero-order chi connectivity index (χ0) is 58.9. The van der Waals surface area contributed by atoms with E-state index in [0.717, 1.165) is 27.8 Å². The molecule has 0 radical (unpaired) electrons. The second-order valence-corrected chi connectivity index (χ2v) is 24.0. The first-order valence-electron chi connectivity index (χ1n) is 29.6. The lowest BCUT2D eigenvalue weighted by Gasteiger charge is -2.63. The van der Waals surface area contributed by atoms with Crippen LogP contribution in [0.3, 0.4) is 0 Å². The van der Waals surface area contributed by atoms with Crippen LogP contribution in [0.2, 0.25) is 0 Å². The van der Waals surface area contributed by atoms with Crippen molar-refractivity contribution in [3.05, 3.63) is 76.4 Å². The molecule has 9 rings (SSSR count). The van der Waals surface area contributed by atoms with Gasteiger partial charge in [0.05, 0.1) is 45.2 Å². The molecule has 0 aromatic heterocycles. The van der Waals surface area contributed by atoms with Crippen molar-refractivity contribution >= 4 is 41.0 Å². The van der Waals surface area contributed by atoms with Crippen LogP contribution in [0.5, 0.6) is 5.75 Å². The second kappa shape index (κ2) is 24.6. The number of carbonyl (C=O) groups excluding carboxylic acids is 5. The first-order chi connectivity index (χ1) is 39.3. The van der Waals surface area contributed by atoms with Crippen LogP contribution in [0.1, 0.15) is 121 Å². The largest absolute Gasteiger partial charge is 0.496 e. The first kappa shape index (κ1) is 61.1. The maximum absolute atomic E-state index is 15.6. The van der Waals surface area contributed by atoms with Gasteiger partial charge in [-0.2, -0.15) is 0 Å². The van der Waals surface area contributed by atoms with Crippen molar-refractivity contribution in [3.63, 3.8) is 0 Å². The number of likely N-dealkylation sites (N-methyl/N-ethyl adjacent to an activating group) is 1. The predicted molar refractivity (Wildman–Crippen MR) is 303 cm³/mol. The van der Waals surface area contributed by atoms with Crippen LogP contribution in [0.15, 0.2) is 54.1 Å². The highest BCUT2D eigenvalue weighted by Crippen LogP contribution is 2.68. The van der Waals surface area contributed by atoms with Crippen molar-refractivity contribution in [2.45, 2.75) is 163 Å². The van der Waals surface area contributed by atoms with Gasteiger partial charge < -0.3 is 64.4 Å². The Morgan fingerprint density at radius 2 is 1.71 bits per heavy atom. The highest BCUT2D eigenvalue weighted by atomic mass is 16.7. The summed E-state index contributed by atoms with van der Waals surface area (Å²) in [5.41, 5.74) is -0.324. The molecule has 1 saturated carbocycles. The minimum Gasteiger partial charge on any atom is -0.496 e. The van der Waals surface area contributed by atoms with E-state index in [2.05, 4.69) is 38.6 Å². The van der Waals surface area contributed by atoms with Crippen molar-refractivity contribution in [1.82, 2.24) is 20.4 Å². The zero-order valence-electron chi connectivity index (χ0n) is 49.1. The SMILES string of the molecule is CCC(COC(=O)CCCC(=O)N[C@H](C)C(=O)OCCCNC(=O)[C@]1(O)C2N(C)c3cc(OC)c([C@@]4(C(=O)OC)C[C@@H]5CN(CCC6=C4Cc4ccccc46)CC(O)(CC)C5)cc3C23CCN2CC=C[C@](CC)(C23)[C@H]1O)OC(CO)OC. The highest BCUT2D eigenvalue weighted by Gasteiger charge is 2.78. The normalized spacial score (nSPS) is 31.6. The van der Waals surface area contributed by atoms with Gasteiger partial charge in [-0.1, -0.05) is 57.2 Å². The minimum absolute atomic E-state index is 0.0242. The van der Waals surface area contributed by atoms with Gasteiger partial charge in [-0.25, -0.2) is 4.79 Å². The van der Waals surface area contributed by atoms with Crippen LogP contribution in [0.25, 0.3) is 5.57 Å². The van der Waals surface area contributed by atoms with Crippen molar-refractivity contribution in [2.75, 3.05) is 92.4 Å². The Morgan fingerprint density at radius 1 is 0.927 bits per heavy atom. The molecule has 82 heavy (non-hydrogen) atoms. The van der Waals surface area contributed by atoms with E-state index in [0.29, 0.717) is 101 Å². The maximum atomic E-state index is 15.6. The van der Waals surface area contributed by atoms with Gasteiger partial charge in [0, 0.05) is 93.9 Å². The van der Waals surface area contributed by atoms with Crippen LogP contribution < -0.4 is 20.3 Å². The van der Waals surface area contributed by atoms with E-state index < -0.39 is 87.8 Å². The standard InChI is InChI=1S/C62H87N5O15/c1-9-41(82-51(35-68)78-7)36-81-50(70)20-14-19-49(69)64-38(4)52(71)80-28-16-24-63-56(73)62(76)54-60(23-27-67-25-15-22-59(11-3,53(60)67)55(62)72)45-30-46(48(77-6)31-47(45)65(54)5)61(57(74)79-8)33-39-32-58(75,10-2)37-66(34-39)26-21-43-42-18-13-12-17-40(42)29-44(43)61/h12-13,15,17-18,22,30-31,38-39,41,51,53-55,68,72,75-76H,9-11,14,16,19-21,23-29,32-37H2,1-8H3,(H,63,73)(H,64,69)/t38-,39-,41?,51?,53?,54?,55-,58?,59-,60?,61-,62+/m1/s1. The van der Waals surface area contributed by atoms with E-state index >= 15 is 9.59 Å². The lowest BCUT2D eigenvalue weighted by molar-refractivity contribution is -0.203. The number of fused-ring (bicyclic) bond motifs is 5. The molecule has 2 aliphatic carbocycles. The Bertz CT molecular complexity index is 2790. The molecule has 5 heterocycles. The van der Waals surface area contributed by atoms with Crippen LogP contribution in [-0.4, -0.2) is 195 Å². The van der Waals surface area contributed by atoms with Crippen LogP contribution >= 0.6 is 0 Å². The van der Waals surface area contributed by atoms with Gasteiger partial charge in [-0.05, 0) is 117 Å². The number of methoxy groups -OCH3 is 3. The van der Waals surface area contributed by atoms with Crippen LogP contribution in [-0.2, 0) is 64.9 Å². The van der Waals surface area contributed by atoms with Crippen molar-refractivity contribution in [3.8, 4) is 5.75 Å². The number of piperidine rings is 1. The molecule has 6 N–H and O–H groups in total. The Kier molecular flexibility index (Phi) is 18.4. The molecule has 2 saturated heterocycles. The summed E-state index contributed by atoms with van der Waals surface area (Å²) in [5, 5.41) is 53.6. The average Bonchev–Trinajstić information content (AvgIpc) is 1.54. The van der Waals surface area contributed by atoms with E-state index in [9.17, 15) is 34.8 Å². The number of rotatable bonds is 23. The predicted octanol–water partition coefficient (Wildman–Crippen LogP) is 3.60. The second-order valence-electron chi connectivity index (χ2n) is 24.0.